The molecule has 0 radical (unpaired) electrons. The van der Waals surface area contributed by atoms with Crippen LogP contribution in [0.25, 0.3) is 0 Å². The summed E-state index contributed by atoms with van der Waals surface area (Å²) >= 11 is 0. The highest BCUT2D eigenvalue weighted by molar-refractivity contribution is 5.93. The highest BCUT2D eigenvalue weighted by Gasteiger charge is 2.03. The number of carbonyl (C=O) groups excluding carboxylic acids is 2. The van der Waals surface area contributed by atoms with Crippen molar-refractivity contribution >= 4 is 17.6 Å². The van der Waals surface area contributed by atoms with Crippen molar-refractivity contribution in [1.82, 2.24) is 10.3 Å². The number of anilines is 1. The minimum absolute atomic E-state index is 0.108. The van der Waals surface area contributed by atoms with Gasteiger partial charge in [0.05, 0.1) is 6.54 Å². The number of carbonyl (C=O) groups is 2. The standard InChI is InChI=1S/C12H13N3O3/c1-9(17)14-8-12(18)15-11-7-10(3-2-6-16)4-5-13-11/h4-5,7,16H,6,8H2,1H3,(H,14,17)(H,13,15,18). The van der Waals surface area contributed by atoms with Crippen LogP contribution in [0.3, 0.4) is 0 Å². The van der Waals surface area contributed by atoms with Gasteiger partial charge in [0, 0.05) is 18.7 Å². The average Bonchev–Trinajstić information content (AvgIpc) is 2.34. The molecule has 0 bridgehead atoms. The summed E-state index contributed by atoms with van der Waals surface area (Å²) in [4.78, 5) is 26.0. The Hall–Kier alpha value is -2.39. The number of hydrogen-bond donors (Lipinski definition) is 3. The van der Waals surface area contributed by atoms with E-state index in [1.165, 1.54) is 13.1 Å². The van der Waals surface area contributed by atoms with E-state index in [-0.39, 0.29) is 25.0 Å². The van der Waals surface area contributed by atoms with Gasteiger partial charge in [-0.1, -0.05) is 11.8 Å². The Labute approximate surface area is 104 Å². The zero-order chi connectivity index (χ0) is 13.4. The van der Waals surface area contributed by atoms with Gasteiger partial charge in [0.15, 0.2) is 0 Å². The lowest BCUT2D eigenvalue weighted by atomic mass is 10.2. The second kappa shape index (κ2) is 7.04. The summed E-state index contributed by atoms with van der Waals surface area (Å²) in [6.07, 6.45) is 1.50. The highest BCUT2D eigenvalue weighted by atomic mass is 16.2. The third-order valence-corrected chi connectivity index (χ3v) is 1.84. The number of pyridine rings is 1. The molecule has 6 nitrogen and oxygen atoms in total. The van der Waals surface area contributed by atoms with E-state index in [1.807, 2.05) is 0 Å². The van der Waals surface area contributed by atoms with Crippen LogP contribution in [0.2, 0.25) is 0 Å². The molecule has 0 unspecified atom stereocenters. The third-order valence-electron chi connectivity index (χ3n) is 1.84. The highest BCUT2D eigenvalue weighted by Crippen LogP contribution is 2.05. The maximum absolute atomic E-state index is 11.4. The van der Waals surface area contributed by atoms with Crippen molar-refractivity contribution in [3.63, 3.8) is 0 Å². The Morgan fingerprint density at radius 1 is 1.50 bits per heavy atom. The molecule has 6 heteroatoms. The number of aliphatic hydroxyl groups excluding tert-OH is 1. The lowest BCUT2D eigenvalue weighted by Crippen LogP contribution is -2.31. The molecule has 0 aliphatic rings. The molecule has 0 aliphatic heterocycles. The molecule has 0 atom stereocenters. The summed E-state index contributed by atoms with van der Waals surface area (Å²) in [7, 11) is 0. The van der Waals surface area contributed by atoms with Crippen molar-refractivity contribution in [2.45, 2.75) is 6.92 Å². The van der Waals surface area contributed by atoms with E-state index in [4.69, 9.17) is 5.11 Å². The Balaban J connectivity index is 2.61. The first-order chi connectivity index (χ1) is 8.61. The van der Waals surface area contributed by atoms with Crippen LogP contribution < -0.4 is 10.6 Å². The van der Waals surface area contributed by atoms with E-state index in [9.17, 15) is 9.59 Å². The molecule has 0 spiro atoms. The average molecular weight is 247 g/mol. The monoisotopic (exact) mass is 247 g/mol. The number of rotatable bonds is 3. The normalized spacial score (nSPS) is 9.00. The molecule has 0 saturated carbocycles. The number of amides is 2. The van der Waals surface area contributed by atoms with Crippen molar-refractivity contribution in [2.75, 3.05) is 18.5 Å². The molecular formula is C12H13N3O3. The van der Waals surface area contributed by atoms with Crippen LogP contribution in [-0.2, 0) is 9.59 Å². The fraction of sp³-hybridized carbons (Fsp3) is 0.250. The van der Waals surface area contributed by atoms with Crippen molar-refractivity contribution in [2.24, 2.45) is 0 Å². The summed E-state index contributed by atoms with van der Waals surface area (Å²) in [5, 5.41) is 13.5. The number of aromatic nitrogens is 1. The fourth-order valence-electron chi connectivity index (χ4n) is 1.11. The smallest absolute Gasteiger partial charge is 0.244 e. The van der Waals surface area contributed by atoms with Gasteiger partial charge in [0.2, 0.25) is 11.8 Å². The van der Waals surface area contributed by atoms with Crippen molar-refractivity contribution in [1.29, 1.82) is 0 Å². The summed E-state index contributed by atoms with van der Waals surface area (Å²) in [6, 6.07) is 3.24. The molecule has 0 aliphatic carbocycles. The van der Waals surface area contributed by atoms with Gasteiger partial charge in [-0.2, -0.15) is 0 Å². The second-order valence-electron chi connectivity index (χ2n) is 3.35. The van der Waals surface area contributed by atoms with Gasteiger partial charge in [-0.05, 0) is 12.1 Å². The maximum Gasteiger partial charge on any atom is 0.244 e. The van der Waals surface area contributed by atoms with Crippen LogP contribution in [0.15, 0.2) is 18.3 Å². The Bertz CT molecular complexity index is 503. The molecule has 94 valence electrons. The first-order valence-electron chi connectivity index (χ1n) is 5.22. The molecule has 1 rings (SSSR count). The summed E-state index contributed by atoms with van der Waals surface area (Å²) in [5.41, 5.74) is 0.633. The van der Waals surface area contributed by atoms with E-state index in [1.54, 1.807) is 12.1 Å². The van der Waals surface area contributed by atoms with Gasteiger partial charge in [-0.25, -0.2) is 4.98 Å². The van der Waals surface area contributed by atoms with Crippen LogP contribution in [0.5, 0.6) is 0 Å². The zero-order valence-corrected chi connectivity index (χ0v) is 9.86. The van der Waals surface area contributed by atoms with Crippen molar-refractivity contribution in [3.05, 3.63) is 23.9 Å². The Morgan fingerprint density at radius 3 is 2.94 bits per heavy atom. The molecule has 3 N–H and O–H groups in total. The van der Waals surface area contributed by atoms with Crippen LogP contribution in [0, 0.1) is 11.8 Å². The largest absolute Gasteiger partial charge is 0.384 e. The zero-order valence-electron chi connectivity index (χ0n) is 9.86. The number of nitrogens with zero attached hydrogens (tertiary/aromatic N) is 1. The van der Waals surface area contributed by atoms with Crippen molar-refractivity contribution in [3.8, 4) is 11.8 Å². The third kappa shape index (κ3) is 5.09. The van der Waals surface area contributed by atoms with Gasteiger partial charge < -0.3 is 15.7 Å². The van der Waals surface area contributed by atoms with Gasteiger partial charge in [-0.3, -0.25) is 9.59 Å². The van der Waals surface area contributed by atoms with E-state index < -0.39 is 0 Å². The molecule has 0 aromatic carbocycles. The van der Waals surface area contributed by atoms with Crippen molar-refractivity contribution < 1.29 is 14.7 Å². The van der Waals surface area contributed by atoms with Crippen LogP contribution in [0.1, 0.15) is 12.5 Å². The van der Waals surface area contributed by atoms with E-state index >= 15 is 0 Å². The number of aliphatic hydroxyl groups is 1. The molecular weight excluding hydrogens is 234 g/mol. The SMILES string of the molecule is CC(=O)NCC(=O)Nc1cc(C#CCO)ccn1. The Morgan fingerprint density at radius 2 is 2.28 bits per heavy atom. The lowest BCUT2D eigenvalue weighted by Gasteiger charge is -2.04. The minimum atomic E-state index is -0.370. The van der Waals surface area contributed by atoms with Crippen LogP contribution in [0.4, 0.5) is 5.82 Å². The fourth-order valence-corrected chi connectivity index (χ4v) is 1.11. The quantitative estimate of drug-likeness (QED) is 0.628. The molecule has 0 fully saturated rings. The summed E-state index contributed by atoms with van der Waals surface area (Å²) < 4.78 is 0. The molecule has 0 saturated heterocycles. The Kier molecular flexibility index (Phi) is 5.35. The van der Waals surface area contributed by atoms with E-state index in [2.05, 4.69) is 27.5 Å². The molecule has 2 amide bonds. The predicted molar refractivity (Wildman–Crippen MR) is 65.5 cm³/mol. The first-order valence-corrected chi connectivity index (χ1v) is 5.22. The minimum Gasteiger partial charge on any atom is -0.384 e. The molecule has 18 heavy (non-hydrogen) atoms. The second-order valence-corrected chi connectivity index (χ2v) is 3.35. The number of hydrogen-bond acceptors (Lipinski definition) is 4. The van der Waals surface area contributed by atoms with Crippen LogP contribution >= 0.6 is 0 Å². The summed E-state index contributed by atoms with van der Waals surface area (Å²) in [5.74, 6) is 4.89. The van der Waals surface area contributed by atoms with Crippen LogP contribution in [-0.4, -0.2) is 35.1 Å². The lowest BCUT2D eigenvalue weighted by molar-refractivity contribution is -0.122. The van der Waals surface area contributed by atoms with Gasteiger partial charge in [0.1, 0.15) is 12.4 Å². The molecule has 1 aromatic heterocycles. The molecule has 1 aromatic rings. The predicted octanol–water partition coefficient (Wildman–Crippen LogP) is -0.500. The van der Waals surface area contributed by atoms with E-state index in [0.717, 1.165) is 0 Å². The van der Waals surface area contributed by atoms with Gasteiger partial charge in [-0.15, -0.1) is 0 Å². The van der Waals surface area contributed by atoms with E-state index in [0.29, 0.717) is 11.4 Å². The number of nitrogens with one attached hydrogen (secondary N) is 2. The summed E-state index contributed by atoms with van der Waals surface area (Å²) in [6.45, 7) is 0.993. The van der Waals surface area contributed by atoms with Gasteiger partial charge in [0.25, 0.3) is 0 Å². The topological polar surface area (TPSA) is 91.3 Å². The molecule has 1 heterocycles. The van der Waals surface area contributed by atoms with Gasteiger partial charge >= 0.3 is 0 Å². The first kappa shape index (κ1) is 13.7. The maximum atomic E-state index is 11.4.